The summed E-state index contributed by atoms with van der Waals surface area (Å²) in [4.78, 5) is 15.7. The second-order valence-corrected chi connectivity index (χ2v) is 32.2. The summed E-state index contributed by atoms with van der Waals surface area (Å²) in [5.41, 5.74) is 4.31. The number of ether oxygens (including phenoxy) is 1. The average Bonchev–Trinajstić information content (AvgIpc) is 3.64. The van der Waals surface area contributed by atoms with E-state index in [4.69, 9.17) is 4.74 Å². The predicted molar refractivity (Wildman–Crippen MR) is 158 cm³/mol. The number of phenols is 1. The molecule has 3 aromatic carbocycles. The maximum absolute atomic E-state index is 13.7. The van der Waals surface area contributed by atoms with Crippen LogP contribution in [-0.4, -0.2) is 70.6 Å². The molecule has 0 saturated carbocycles. The third-order valence-corrected chi connectivity index (χ3v) is 34.6. The van der Waals surface area contributed by atoms with Crippen molar-refractivity contribution in [2.75, 3.05) is 30.1 Å². The van der Waals surface area contributed by atoms with Crippen LogP contribution < -0.4 is 13.4 Å². The van der Waals surface area contributed by atoms with Crippen LogP contribution in [0.5, 0.6) is 17.2 Å². The second-order valence-electron chi connectivity index (χ2n) is 8.99. The fourth-order valence-corrected chi connectivity index (χ4v) is 36.0. The topological polar surface area (TPSA) is 49.8 Å². The molecule has 2 fully saturated rings. The zero-order chi connectivity index (χ0) is 24.6. The van der Waals surface area contributed by atoms with Crippen LogP contribution in [0.4, 0.5) is 0 Å². The van der Waals surface area contributed by atoms with Crippen molar-refractivity contribution in [3.05, 3.63) is 76.3 Å². The molecule has 1 atom stereocenters. The van der Waals surface area contributed by atoms with Crippen molar-refractivity contribution in [1.82, 2.24) is 4.90 Å². The van der Waals surface area contributed by atoms with Gasteiger partial charge in [0, 0.05) is 0 Å². The Labute approximate surface area is 233 Å². The number of hydrogen-bond acceptors (Lipinski definition) is 7. The zero-order valence-electron chi connectivity index (χ0n) is 19.7. The maximum atomic E-state index is 13.7. The first-order valence-electron chi connectivity index (χ1n) is 11.7. The van der Waals surface area contributed by atoms with Crippen LogP contribution in [0.1, 0.15) is 32.6 Å². The van der Waals surface area contributed by atoms with E-state index in [-0.39, 0.29) is 5.91 Å². The number of hydrogen-bond donors (Lipinski definition) is 1. The normalized spacial score (nSPS) is 23.2. The quantitative estimate of drug-likeness (QED) is 0.401. The number of phenolic OH excluding ortho intramolecular Hbond substituents is 1. The molecule has 1 spiro atoms. The van der Waals surface area contributed by atoms with E-state index in [0.29, 0.717) is 5.75 Å². The summed E-state index contributed by atoms with van der Waals surface area (Å²) in [6, 6.07) is 16.3. The Bertz CT molecular complexity index is 1350. The van der Waals surface area contributed by atoms with Gasteiger partial charge in [-0.05, 0) is 0 Å². The van der Waals surface area contributed by atoms with Gasteiger partial charge in [-0.1, -0.05) is 0 Å². The minimum atomic E-state index is -1.62. The van der Waals surface area contributed by atoms with Crippen LogP contribution >= 0.6 is 40.1 Å². The van der Waals surface area contributed by atoms with Crippen molar-refractivity contribution < 1.29 is 14.6 Å². The third-order valence-electron chi connectivity index (χ3n) is 7.15. The third kappa shape index (κ3) is 3.31. The molecule has 0 unspecified atom stereocenters. The molecular weight excluding hydrogens is 652 g/mol. The van der Waals surface area contributed by atoms with Crippen LogP contribution in [0.3, 0.4) is 0 Å². The van der Waals surface area contributed by atoms with Crippen LogP contribution in [0.25, 0.3) is 0 Å². The van der Waals surface area contributed by atoms with Gasteiger partial charge >= 0.3 is 235 Å². The summed E-state index contributed by atoms with van der Waals surface area (Å²) in [7, 11) is 10.2. The van der Waals surface area contributed by atoms with Crippen LogP contribution in [-0.2, 0) is 5.54 Å². The van der Waals surface area contributed by atoms with Gasteiger partial charge in [0.2, 0.25) is 0 Å². The van der Waals surface area contributed by atoms with E-state index in [2.05, 4.69) is 45.2 Å². The Balaban J connectivity index is 1.60. The zero-order valence-corrected chi connectivity index (χ0v) is 26.7. The number of nitrogens with zero attached hydrogens (tertiary/aromatic N) is 1. The summed E-state index contributed by atoms with van der Waals surface area (Å²) in [6.07, 6.45) is 0. The number of aromatic hydroxyl groups is 1. The number of aryl methyl sites for hydroxylation is 1. The molecule has 10 heteroatoms. The van der Waals surface area contributed by atoms with Gasteiger partial charge in [0.1, 0.15) is 0 Å². The van der Waals surface area contributed by atoms with Crippen molar-refractivity contribution in [1.29, 1.82) is 0 Å². The van der Waals surface area contributed by atoms with Gasteiger partial charge in [0.05, 0.1) is 0 Å². The Morgan fingerprint density at radius 3 is 2.11 bits per heavy atom. The van der Waals surface area contributed by atoms with E-state index < -0.39 is 30.2 Å². The van der Waals surface area contributed by atoms with Gasteiger partial charge in [-0.25, -0.2) is 0 Å². The van der Waals surface area contributed by atoms with Gasteiger partial charge in [-0.15, -0.1) is 0 Å². The standard InChI is InChI=1S/C26H23As2NO3S4/c1-15-7-8-18-23(21(15)27-33-11-12-34-27)32-24-19(9-10-20(30)22(24)28-35-13-14-36-28)26(18)17-6-4-3-5-16(17)25(31)29(26)2/h3-10,30H,11-14H2,1-2H3/t26-/m1/s1. The monoisotopic (exact) mass is 675 g/mol. The van der Waals surface area contributed by atoms with Crippen LogP contribution in [0.2, 0.25) is 0 Å². The summed E-state index contributed by atoms with van der Waals surface area (Å²) in [5, 5.41) is 11.2. The first-order chi connectivity index (χ1) is 17.5. The molecule has 1 amide bonds. The first-order valence-corrected chi connectivity index (χ1v) is 26.6. The molecule has 4 nitrogen and oxygen atoms in total. The molecule has 184 valence electrons. The van der Waals surface area contributed by atoms with E-state index >= 15 is 0 Å². The molecule has 1 N–H and O–H groups in total. The summed E-state index contributed by atoms with van der Waals surface area (Å²) in [6.45, 7) is 2.20. The van der Waals surface area contributed by atoms with Crippen molar-refractivity contribution in [3.8, 4) is 17.2 Å². The predicted octanol–water partition coefficient (Wildman–Crippen LogP) is 4.53. The number of amides is 1. The van der Waals surface area contributed by atoms with Gasteiger partial charge in [-0.2, -0.15) is 0 Å². The fourth-order valence-electron chi connectivity index (χ4n) is 5.62. The molecule has 4 heterocycles. The summed E-state index contributed by atoms with van der Waals surface area (Å²) in [5.74, 6) is 6.72. The van der Waals surface area contributed by atoms with E-state index in [1.807, 2.05) is 62.3 Å². The Morgan fingerprint density at radius 1 is 0.833 bits per heavy atom. The average molecular weight is 676 g/mol. The molecule has 4 aliphatic rings. The number of carbonyl (C=O) groups excluding carboxylic acids is 1. The van der Waals surface area contributed by atoms with Crippen LogP contribution in [0.15, 0.2) is 48.5 Å². The molecule has 0 aromatic heterocycles. The number of rotatable bonds is 2. The molecule has 36 heavy (non-hydrogen) atoms. The molecule has 4 aliphatic heterocycles. The van der Waals surface area contributed by atoms with Gasteiger partial charge < -0.3 is 0 Å². The molecular formula is C26H23As2NO3S4. The van der Waals surface area contributed by atoms with Crippen LogP contribution in [0, 0.1) is 6.92 Å². The Kier molecular flexibility index (Phi) is 6.19. The molecule has 3 aromatic rings. The molecule has 0 aliphatic carbocycles. The Morgan fingerprint density at radius 2 is 1.42 bits per heavy atom. The van der Waals surface area contributed by atoms with Crippen molar-refractivity contribution >= 4 is 79.4 Å². The van der Waals surface area contributed by atoms with Gasteiger partial charge in [0.25, 0.3) is 0 Å². The number of benzene rings is 3. The molecule has 0 bridgehead atoms. The second kappa shape index (κ2) is 9.17. The first kappa shape index (κ1) is 24.3. The van der Waals surface area contributed by atoms with E-state index in [1.54, 1.807) is 0 Å². The van der Waals surface area contributed by atoms with E-state index in [0.717, 1.165) is 49.6 Å². The van der Waals surface area contributed by atoms with Crippen molar-refractivity contribution in [2.24, 2.45) is 0 Å². The SMILES string of the molecule is Cc1ccc2c(c1[As]1SCCS1)Oc1c(ccc(O)c1[As]1SCCS1)[C@@]21c2ccccc2C(=O)N1C. The van der Waals surface area contributed by atoms with E-state index in [1.165, 1.54) is 21.4 Å². The molecule has 0 radical (unpaired) electrons. The van der Waals surface area contributed by atoms with E-state index in [9.17, 15) is 9.90 Å². The number of fused-ring (bicyclic) bond motifs is 6. The summed E-state index contributed by atoms with van der Waals surface area (Å²) < 4.78 is 9.40. The fraction of sp³-hybridized carbons (Fsp3) is 0.269. The minimum absolute atomic E-state index is 0.0334. The molecule has 7 rings (SSSR count). The Hall–Kier alpha value is -0.753. The molecule has 2 saturated heterocycles. The van der Waals surface area contributed by atoms with Gasteiger partial charge in [-0.3, -0.25) is 0 Å². The van der Waals surface area contributed by atoms with Gasteiger partial charge in [0.15, 0.2) is 0 Å². The van der Waals surface area contributed by atoms with Crippen molar-refractivity contribution in [2.45, 2.75) is 12.5 Å². The van der Waals surface area contributed by atoms with Crippen molar-refractivity contribution in [3.63, 3.8) is 0 Å². The number of carbonyl (C=O) groups is 1. The summed E-state index contributed by atoms with van der Waals surface area (Å²) >= 11 is -3.05.